The molecular formula is C21H26F2N4O2. The Balaban J connectivity index is 1.53. The first-order chi connectivity index (χ1) is 14.1. The molecule has 3 rings (SSSR count). The predicted molar refractivity (Wildman–Crippen MR) is 110 cm³/mol. The highest BCUT2D eigenvalue weighted by molar-refractivity contribution is 5.80. The molecule has 0 aliphatic carbocycles. The summed E-state index contributed by atoms with van der Waals surface area (Å²) < 4.78 is 34.6. The molecule has 156 valence electrons. The smallest absolute Gasteiger partial charge is 0.387 e. The summed E-state index contributed by atoms with van der Waals surface area (Å²) in [6, 6.07) is 14.8. The van der Waals surface area contributed by atoms with Crippen LogP contribution in [0.3, 0.4) is 0 Å². The number of para-hydroxylation sites is 2. The Morgan fingerprint density at radius 2 is 2.07 bits per heavy atom. The van der Waals surface area contributed by atoms with Gasteiger partial charge in [0.2, 0.25) is 0 Å². The monoisotopic (exact) mass is 404 g/mol. The number of hydrogen-bond acceptors (Lipinski definition) is 4. The lowest BCUT2D eigenvalue weighted by Gasteiger charge is -2.22. The minimum Gasteiger partial charge on any atom is -0.495 e. The van der Waals surface area contributed by atoms with Gasteiger partial charge in [-0.25, -0.2) is 0 Å². The molecule has 29 heavy (non-hydrogen) atoms. The zero-order valence-corrected chi connectivity index (χ0v) is 16.6. The number of aliphatic imine (C=N–C) groups is 1. The SMILES string of the molecule is CN=C(NCc1cccc(OC(F)F)c1)NC1CCN(c2ccccc2OC)C1. The number of alkyl halides is 2. The average molecular weight is 404 g/mol. The van der Waals surface area contributed by atoms with Gasteiger partial charge in [-0.05, 0) is 36.2 Å². The lowest BCUT2D eigenvalue weighted by molar-refractivity contribution is -0.0498. The second-order valence-electron chi connectivity index (χ2n) is 6.70. The molecule has 0 radical (unpaired) electrons. The van der Waals surface area contributed by atoms with E-state index in [0.29, 0.717) is 12.5 Å². The Kier molecular flexibility index (Phi) is 7.10. The van der Waals surface area contributed by atoms with Gasteiger partial charge in [0.1, 0.15) is 11.5 Å². The fourth-order valence-electron chi connectivity index (χ4n) is 3.39. The Bertz CT molecular complexity index is 832. The summed E-state index contributed by atoms with van der Waals surface area (Å²) >= 11 is 0. The molecule has 1 heterocycles. The maximum Gasteiger partial charge on any atom is 0.387 e. The maximum atomic E-state index is 12.4. The molecule has 2 aromatic rings. The number of nitrogens with zero attached hydrogens (tertiary/aromatic N) is 2. The van der Waals surface area contributed by atoms with Crippen molar-refractivity contribution in [2.75, 3.05) is 32.1 Å². The molecule has 0 bridgehead atoms. The van der Waals surface area contributed by atoms with Gasteiger partial charge in [-0.2, -0.15) is 8.78 Å². The van der Waals surface area contributed by atoms with Crippen LogP contribution in [0.15, 0.2) is 53.5 Å². The molecule has 0 amide bonds. The fraction of sp³-hybridized carbons (Fsp3) is 0.381. The summed E-state index contributed by atoms with van der Waals surface area (Å²) in [6.45, 7) is -0.634. The summed E-state index contributed by atoms with van der Waals surface area (Å²) in [5.41, 5.74) is 1.91. The largest absolute Gasteiger partial charge is 0.495 e. The molecule has 1 aliphatic heterocycles. The van der Waals surface area contributed by atoms with Crippen LogP contribution in [-0.4, -0.2) is 45.9 Å². The summed E-state index contributed by atoms with van der Waals surface area (Å²) in [5.74, 6) is 1.67. The third-order valence-corrected chi connectivity index (χ3v) is 4.76. The highest BCUT2D eigenvalue weighted by Gasteiger charge is 2.25. The number of ether oxygens (including phenoxy) is 2. The molecule has 0 spiro atoms. The van der Waals surface area contributed by atoms with Crippen LogP contribution in [0.2, 0.25) is 0 Å². The lowest BCUT2D eigenvalue weighted by atomic mass is 10.2. The van der Waals surface area contributed by atoms with Gasteiger partial charge < -0.3 is 25.0 Å². The lowest BCUT2D eigenvalue weighted by Crippen LogP contribution is -2.44. The first-order valence-corrected chi connectivity index (χ1v) is 9.48. The molecule has 1 aliphatic rings. The van der Waals surface area contributed by atoms with E-state index in [-0.39, 0.29) is 11.8 Å². The summed E-state index contributed by atoms with van der Waals surface area (Å²) in [6.07, 6.45) is 0.969. The second kappa shape index (κ2) is 9.95. The van der Waals surface area contributed by atoms with E-state index < -0.39 is 6.61 Å². The Hall–Kier alpha value is -3.03. The minimum absolute atomic E-state index is 0.144. The highest BCUT2D eigenvalue weighted by atomic mass is 19.3. The van der Waals surface area contributed by atoms with E-state index >= 15 is 0 Å². The third-order valence-electron chi connectivity index (χ3n) is 4.76. The van der Waals surface area contributed by atoms with Crippen LogP contribution in [0.5, 0.6) is 11.5 Å². The molecule has 0 saturated carbocycles. The van der Waals surface area contributed by atoms with Crippen molar-refractivity contribution in [2.24, 2.45) is 4.99 Å². The zero-order chi connectivity index (χ0) is 20.6. The van der Waals surface area contributed by atoms with E-state index in [0.717, 1.165) is 36.5 Å². The summed E-state index contributed by atoms with van der Waals surface area (Å²) in [5, 5.41) is 6.65. The van der Waals surface area contributed by atoms with Crippen molar-refractivity contribution in [1.29, 1.82) is 0 Å². The van der Waals surface area contributed by atoms with Crippen molar-refractivity contribution in [2.45, 2.75) is 25.6 Å². The van der Waals surface area contributed by atoms with Crippen molar-refractivity contribution in [3.05, 3.63) is 54.1 Å². The van der Waals surface area contributed by atoms with Crippen LogP contribution < -0.4 is 25.0 Å². The standard InChI is InChI=1S/C21H26F2N4O2/c1-24-21(25-13-15-6-5-7-17(12-15)29-20(22)23)26-16-10-11-27(14-16)18-8-3-4-9-19(18)28-2/h3-9,12,16,20H,10-11,13-14H2,1-2H3,(H2,24,25,26). The van der Waals surface area contributed by atoms with Crippen LogP contribution in [0, 0.1) is 0 Å². The Labute approximate surface area is 169 Å². The zero-order valence-electron chi connectivity index (χ0n) is 16.6. The number of rotatable bonds is 7. The maximum absolute atomic E-state index is 12.4. The minimum atomic E-state index is -2.83. The molecule has 1 fully saturated rings. The third kappa shape index (κ3) is 5.73. The van der Waals surface area contributed by atoms with E-state index in [9.17, 15) is 8.78 Å². The average Bonchev–Trinajstić information content (AvgIpc) is 3.19. The van der Waals surface area contributed by atoms with Crippen LogP contribution in [0.4, 0.5) is 14.5 Å². The predicted octanol–water partition coefficient (Wildman–Crippen LogP) is 3.24. The van der Waals surface area contributed by atoms with Gasteiger partial charge >= 0.3 is 6.61 Å². The molecule has 0 aromatic heterocycles. The normalized spacial score (nSPS) is 16.8. The van der Waals surface area contributed by atoms with Crippen LogP contribution in [-0.2, 0) is 6.54 Å². The molecule has 1 atom stereocenters. The second-order valence-corrected chi connectivity index (χ2v) is 6.70. The molecule has 6 nitrogen and oxygen atoms in total. The molecular weight excluding hydrogens is 378 g/mol. The topological polar surface area (TPSA) is 58.1 Å². The number of benzene rings is 2. The highest BCUT2D eigenvalue weighted by Crippen LogP contribution is 2.30. The molecule has 1 unspecified atom stereocenters. The Morgan fingerprint density at radius 3 is 2.83 bits per heavy atom. The first kappa shape index (κ1) is 20.7. The molecule has 1 saturated heterocycles. The number of hydrogen-bond donors (Lipinski definition) is 2. The van der Waals surface area contributed by atoms with Gasteiger partial charge in [0.15, 0.2) is 5.96 Å². The Morgan fingerprint density at radius 1 is 1.24 bits per heavy atom. The molecule has 2 N–H and O–H groups in total. The number of anilines is 1. The summed E-state index contributed by atoms with van der Waals surface area (Å²) in [7, 11) is 3.39. The first-order valence-electron chi connectivity index (χ1n) is 9.48. The number of guanidine groups is 1. The van der Waals surface area contributed by atoms with E-state index in [4.69, 9.17) is 4.74 Å². The van der Waals surface area contributed by atoms with Crippen LogP contribution in [0.25, 0.3) is 0 Å². The van der Waals surface area contributed by atoms with Gasteiger partial charge in [0.05, 0.1) is 12.8 Å². The summed E-state index contributed by atoms with van der Waals surface area (Å²) in [4.78, 5) is 6.56. The van der Waals surface area contributed by atoms with Gasteiger partial charge in [-0.3, -0.25) is 4.99 Å². The van der Waals surface area contributed by atoms with Crippen molar-refractivity contribution in [1.82, 2.24) is 10.6 Å². The van der Waals surface area contributed by atoms with E-state index in [1.54, 1.807) is 26.3 Å². The van der Waals surface area contributed by atoms with Gasteiger partial charge in [-0.15, -0.1) is 0 Å². The van der Waals surface area contributed by atoms with Crippen molar-refractivity contribution >= 4 is 11.6 Å². The quantitative estimate of drug-likeness (QED) is 0.548. The van der Waals surface area contributed by atoms with Crippen molar-refractivity contribution in [3.8, 4) is 11.5 Å². The number of halogens is 2. The van der Waals surface area contributed by atoms with E-state index in [1.165, 1.54) is 6.07 Å². The van der Waals surface area contributed by atoms with E-state index in [1.807, 2.05) is 24.3 Å². The van der Waals surface area contributed by atoms with Gasteiger partial charge in [-0.1, -0.05) is 24.3 Å². The molecule has 2 aromatic carbocycles. The number of methoxy groups -OCH3 is 1. The van der Waals surface area contributed by atoms with Crippen LogP contribution in [0.1, 0.15) is 12.0 Å². The van der Waals surface area contributed by atoms with Gasteiger partial charge in [0.25, 0.3) is 0 Å². The van der Waals surface area contributed by atoms with Crippen molar-refractivity contribution < 1.29 is 18.3 Å². The number of nitrogens with one attached hydrogen (secondary N) is 2. The van der Waals surface area contributed by atoms with Crippen molar-refractivity contribution in [3.63, 3.8) is 0 Å². The van der Waals surface area contributed by atoms with Crippen LogP contribution >= 0.6 is 0 Å². The fourth-order valence-corrected chi connectivity index (χ4v) is 3.39. The van der Waals surface area contributed by atoms with Gasteiger partial charge in [0, 0.05) is 32.7 Å². The molecule has 8 heteroatoms. The van der Waals surface area contributed by atoms with E-state index in [2.05, 4.69) is 31.3 Å².